The van der Waals surface area contributed by atoms with Crippen LogP contribution in [0.5, 0.6) is 0 Å². The molecule has 2 heterocycles. The van der Waals surface area contributed by atoms with Crippen LogP contribution in [0.2, 0.25) is 0 Å². The maximum Gasteiger partial charge on any atom is 0.297 e. The molecule has 2 fully saturated rings. The number of carbonyl (C=O) groups is 2. The number of aliphatic hydroxyl groups is 1. The zero-order valence-corrected chi connectivity index (χ0v) is 22.9. The molecule has 2 saturated heterocycles. The van der Waals surface area contributed by atoms with Gasteiger partial charge in [-0.15, -0.1) is 0 Å². The standard InChI is InChI=1S/C12H15NO4S.C7H7ClO2S.C5H9NO2.CH4/c1-9-2-5-11(6-3-9)18(15,16)17-8-10-4-7-12(14)13-10;1-6-2-4-7(5-3-6)11(8,9)10;7-3-4-1-2-5(8)6-4;/h2-3,5-6,10H,4,7-8H2,1H3,(H,13,14);2-5H,1H3;4,7H,1-3H2,(H,6,8);1H4/t10-;;4-;/m0.0./s1. The molecule has 0 aromatic heterocycles. The summed E-state index contributed by atoms with van der Waals surface area (Å²) in [4.78, 5) is 21.6. The summed E-state index contributed by atoms with van der Waals surface area (Å²) < 4.78 is 50.1. The zero-order valence-electron chi connectivity index (χ0n) is 20.5. The van der Waals surface area contributed by atoms with Crippen LogP contribution in [0.15, 0.2) is 58.3 Å². The average Bonchev–Trinajstić information content (AvgIpc) is 3.46. The first-order valence-electron chi connectivity index (χ1n) is 11.5. The second-order valence-corrected chi connectivity index (χ2v) is 12.8. The van der Waals surface area contributed by atoms with E-state index in [0.717, 1.165) is 17.5 Å². The minimum atomic E-state index is -3.73. The van der Waals surface area contributed by atoms with Crippen molar-refractivity contribution in [2.24, 2.45) is 0 Å². The normalized spacial score (nSPS) is 18.6. The summed E-state index contributed by atoms with van der Waals surface area (Å²) in [5.41, 5.74) is 1.99. The Kier molecular flexibility index (Phi) is 13.4. The molecule has 0 aliphatic carbocycles. The fourth-order valence-electron chi connectivity index (χ4n) is 3.26. The maximum absolute atomic E-state index is 11.8. The van der Waals surface area contributed by atoms with Gasteiger partial charge in [-0.2, -0.15) is 8.42 Å². The lowest BCUT2D eigenvalue weighted by molar-refractivity contribution is -0.120. The molecular formula is C25H35ClN2O8S2. The van der Waals surface area contributed by atoms with Crippen molar-refractivity contribution in [3.63, 3.8) is 0 Å². The minimum Gasteiger partial charge on any atom is -0.394 e. The van der Waals surface area contributed by atoms with E-state index in [1.54, 1.807) is 24.3 Å². The van der Waals surface area contributed by atoms with Crippen molar-refractivity contribution >= 4 is 41.7 Å². The summed E-state index contributed by atoms with van der Waals surface area (Å²) in [5.74, 6) is 0.000355. The van der Waals surface area contributed by atoms with Crippen LogP contribution in [-0.4, -0.2) is 59.1 Å². The first kappa shape index (κ1) is 33.5. The predicted octanol–water partition coefficient (Wildman–Crippen LogP) is 2.79. The van der Waals surface area contributed by atoms with Gasteiger partial charge >= 0.3 is 0 Å². The maximum atomic E-state index is 11.8. The third kappa shape index (κ3) is 11.5. The second-order valence-electron chi connectivity index (χ2n) is 8.59. The molecule has 2 aliphatic rings. The van der Waals surface area contributed by atoms with Crippen LogP contribution in [0, 0.1) is 13.8 Å². The van der Waals surface area contributed by atoms with Crippen molar-refractivity contribution in [3.8, 4) is 0 Å². The molecule has 0 radical (unpaired) electrons. The summed E-state index contributed by atoms with van der Waals surface area (Å²) in [5, 5.41) is 13.7. The molecule has 0 spiro atoms. The number of aliphatic hydroxyl groups excluding tert-OH is 1. The van der Waals surface area contributed by atoms with Crippen molar-refractivity contribution in [3.05, 3.63) is 59.7 Å². The summed E-state index contributed by atoms with van der Waals surface area (Å²) in [6.45, 7) is 3.82. The van der Waals surface area contributed by atoms with Crippen LogP contribution < -0.4 is 10.6 Å². The van der Waals surface area contributed by atoms with E-state index in [1.165, 1.54) is 24.3 Å². The van der Waals surface area contributed by atoms with Gasteiger partial charge in [0, 0.05) is 23.5 Å². The SMILES string of the molecule is C.Cc1ccc(S(=O)(=O)Cl)cc1.Cc1ccc(S(=O)(=O)OC[C@@H]2CCC(=O)N2)cc1.O=C1CC[C@@H](CO)N1. The highest BCUT2D eigenvalue weighted by atomic mass is 35.7. The Balaban J connectivity index is 0.000000309. The number of halogens is 1. The Hall–Kier alpha value is -2.51. The second kappa shape index (κ2) is 15.2. The number of rotatable bonds is 6. The van der Waals surface area contributed by atoms with E-state index in [1.807, 2.05) is 13.8 Å². The number of benzene rings is 2. The minimum absolute atomic E-state index is 0. The monoisotopic (exact) mass is 590 g/mol. The molecule has 0 unspecified atom stereocenters. The van der Waals surface area contributed by atoms with Gasteiger partial charge in [0.2, 0.25) is 11.8 Å². The highest BCUT2D eigenvalue weighted by Gasteiger charge is 2.24. The molecule has 10 nitrogen and oxygen atoms in total. The first-order valence-corrected chi connectivity index (χ1v) is 15.2. The van der Waals surface area contributed by atoms with E-state index in [-0.39, 0.29) is 54.3 Å². The zero-order chi connectivity index (χ0) is 27.6. The van der Waals surface area contributed by atoms with Crippen LogP contribution >= 0.6 is 10.7 Å². The van der Waals surface area contributed by atoms with E-state index >= 15 is 0 Å². The van der Waals surface area contributed by atoms with Crippen molar-refractivity contribution in [2.45, 2.75) is 68.8 Å². The molecule has 0 saturated carbocycles. The van der Waals surface area contributed by atoms with Crippen LogP contribution in [0.25, 0.3) is 0 Å². The Morgan fingerprint density at radius 1 is 0.816 bits per heavy atom. The topological polar surface area (TPSA) is 156 Å². The first-order chi connectivity index (χ1) is 17.3. The van der Waals surface area contributed by atoms with Gasteiger partial charge in [0.15, 0.2) is 0 Å². The molecule has 212 valence electrons. The molecule has 2 atom stereocenters. The van der Waals surface area contributed by atoms with Crippen LogP contribution in [0.3, 0.4) is 0 Å². The summed E-state index contributed by atoms with van der Waals surface area (Å²) in [6.07, 6.45) is 2.40. The predicted molar refractivity (Wildman–Crippen MR) is 145 cm³/mol. The van der Waals surface area contributed by atoms with E-state index in [2.05, 4.69) is 10.6 Å². The molecule has 2 aromatic rings. The van der Waals surface area contributed by atoms with Crippen LogP contribution in [0.4, 0.5) is 0 Å². The Morgan fingerprint density at radius 3 is 1.58 bits per heavy atom. The van der Waals surface area contributed by atoms with Gasteiger partial charge in [0.05, 0.1) is 35.1 Å². The molecule has 2 aliphatic heterocycles. The molecular weight excluding hydrogens is 556 g/mol. The molecule has 13 heteroatoms. The number of amides is 2. The Bertz CT molecular complexity index is 1270. The molecule has 2 amide bonds. The van der Waals surface area contributed by atoms with Crippen molar-refractivity contribution in [1.82, 2.24) is 10.6 Å². The van der Waals surface area contributed by atoms with Crippen molar-refractivity contribution in [2.75, 3.05) is 13.2 Å². The highest BCUT2D eigenvalue weighted by molar-refractivity contribution is 8.13. The van der Waals surface area contributed by atoms with Crippen molar-refractivity contribution < 1.29 is 35.7 Å². The fourth-order valence-corrected chi connectivity index (χ4v) is 4.98. The Morgan fingerprint density at radius 2 is 1.24 bits per heavy atom. The van der Waals surface area contributed by atoms with Crippen LogP contribution in [-0.2, 0) is 32.9 Å². The Labute approximate surface area is 229 Å². The van der Waals surface area contributed by atoms with Crippen LogP contribution in [0.1, 0.15) is 44.2 Å². The largest absolute Gasteiger partial charge is 0.394 e. The lowest BCUT2D eigenvalue weighted by atomic mass is 10.2. The summed E-state index contributed by atoms with van der Waals surface area (Å²) in [7, 11) is -2.20. The van der Waals surface area contributed by atoms with Gasteiger partial charge in [0.1, 0.15) is 0 Å². The van der Waals surface area contributed by atoms with Gasteiger partial charge in [-0.3, -0.25) is 13.8 Å². The molecule has 3 N–H and O–H groups in total. The van der Waals surface area contributed by atoms with Gasteiger partial charge in [-0.05, 0) is 51.0 Å². The van der Waals surface area contributed by atoms with Gasteiger partial charge in [-0.1, -0.05) is 42.8 Å². The van der Waals surface area contributed by atoms with Gasteiger partial charge in [-0.25, -0.2) is 8.42 Å². The quantitative estimate of drug-likeness (QED) is 0.342. The van der Waals surface area contributed by atoms with E-state index in [4.69, 9.17) is 20.0 Å². The molecule has 2 aromatic carbocycles. The number of hydrogen-bond acceptors (Lipinski definition) is 8. The fraction of sp³-hybridized carbons (Fsp3) is 0.440. The number of aryl methyl sites for hydroxylation is 2. The van der Waals surface area contributed by atoms with Gasteiger partial charge in [0.25, 0.3) is 19.2 Å². The molecule has 38 heavy (non-hydrogen) atoms. The third-order valence-electron chi connectivity index (χ3n) is 5.43. The highest BCUT2D eigenvalue weighted by Crippen LogP contribution is 2.16. The number of hydrogen-bond donors (Lipinski definition) is 3. The third-order valence-corrected chi connectivity index (χ3v) is 8.09. The lowest BCUT2D eigenvalue weighted by Gasteiger charge is -2.10. The van der Waals surface area contributed by atoms with E-state index in [9.17, 15) is 26.4 Å². The molecule has 4 rings (SSSR count). The smallest absolute Gasteiger partial charge is 0.297 e. The van der Waals surface area contributed by atoms with E-state index in [0.29, 0.717) is 19.3 Å². The lowest BCUT2D eigenvalue weighted by Crippen LogP contribution is -2.30. The number of nitrogens with one attached hydrogen (secondary N) is 2. The van der Waals surface area contributed by atoms with E-state index < -0.39 is 19.2 Å². The number of carbonyl (C=O) groups excluding carboxylic acids is 2. The summed E-state index contributed by atoms with van der Waals surface area (Å²) in [6, 6.07) is 12.6. The average molecular weight is 591 g/mol. The van der Waals surface area contributed by atoms with Crippen molar-refractivity contribution in [1.29, 1.82) is 0 Å². The molecule has 0 bridgehead atoms. The van der Waals surface area contributed by atoms with Gasteiger partial charge < -0.3 is 15.7 Å². The summed E-state index contributed by atoms with van der Waals surface area (Å²) >= 11 is 0.